The predicted octanol–water partition coefficient (Wildman–Crippen LogP) is 4.94. The first-order valence-electron chi connectivity index (χ1n) is 9.51. The zero-order valence-electron chi connectivity index (χ0n) is 17.0. The van der Waals surface area contributed by atoms with Crippen LogP contribution in [0.2, 0.25) is 0 Å². The molecule has 0 saturated heterocycles. The molecule has 1 amide bonds. The molecular weight excluding hydrogens is 364 g/mol. The quantitative estimate of drug-likeness (QED) is 0.572. The summed E-state index contributed by atoms with van der Waals surface area (Å²) in [6.45, 7) is 4.77. The van der Waals surface area contributed by atoms with Gasteiger partial charge in [0.15, 0.2) is 18.1 Å². The third-order valence-corrected chi connectivity index (χ3v) is 4.65. The number of ether oxygens (including phenoxy) is 2. The second-order valence-electron chi connectivity index (χ2n) is 6.84. The molecule has 3 aromatic rings. The molecule has 0 aliphatic rings. The Kier molecular flexibility index (Phi) is 6.74. The summed E-state index contributed by atoms with van der Waals surface area (Å²) in [6, 6.07) is 21.3. The predicted molar refractivity (Wildman–Crippen MR) is 117 cm³/mol. The Morgan fingerprint density at radius 2 is 1.66 bits per heavy atom. The van der Waals surface area contributed by atoms with Crippen LogP contribution in [0.4, 0.5) is 11.4 Å². The van der Waals surface area contributed by atoms with Crippen molar-refractivity contribution in [1.29, 1.82) is 0 Å². The van der Waals surface area contributed by atoms with Gasteiger partial charge in [0.05, 0.1) is 7.11 Å². The van der Waals surface area contributed by atoms with Crippen molar-refractivity contribution >= 4 is 17.3 Å². The van der Waals surface area contributed by atoms with Crippen molar-refractivity contribution in [3.8, 4) is 11.5 Å². The van der Waals surface area contributed by atoms with Crippen LogP contribution >= 0.6 is 0 Å². The van der Waals surface area contributed by atoms with Crippen molar-refractivity contribution in [2.75, 3.05) is 24.4 Å². The zero-order valence-corrected chi connectivity index (χ0v) is 17.0. The highest BCUT2D eigenvalue weighted by Crippen LogP contribution is 2.28. The molecule has 0 aromatic heterocycles. The van der Waals surface area contributed by atoms with Crippen molar-refractivity contribution in [1.82, 2.24) is 0 Å². The number of rotatable bonds is 8. The smallest absolute Gasteiger partial charge is 0.262 e. The van der Waals surface area contributed by atoms with Gasteiger partial charge in [-0.2, -0.15) is 0 Å². The highest BCUT2D eigenvalue weighted by atomic mass is 16.5. The van der Waals surface area contributed by atoms with E-state index in [-0.39, 0.29) is 12.5 Å². The fourth-order valence-electron chi connectivity index (χ4n) is 2.86. The molecule has 5 heteroatoms. The van der Waals surface area contributed by atoms with Gasteiger partial charge in [0, 0.05) is 17.9 Å². The minimum Gasteiger partial charge on any atom is -0.493 e. The summed E-state index contributed by atoms with van der Waals surface area (Å²) >= 11 is 0. The molecule has 0 spiro atoms. The lowest BCUT2D eigenvalue weighted by atomic mass is 10.1. The molecule has 0 saturated carbocycles. The maximum absolute atomic E-state index is 12.1. The van der Waals surface area contributed by atoms with E-state index in [2.05, 4.69) is 42.7 Å². The number of aryl methyl sites for hydroxylation is 2. The summed E-state index contributed by atoms with van der Waals surface area (Å²) in [4.78, 5) is 12.1. The molecule has 29 heavy (non-hydrogen) atoms. The molecular formula is C24H26N2O3. The largest absolute Gasteiger partial charge is 0.493 e. The number of amides is 1. The van der Waals surface area contributed by atoms with Crippen LogP contribution in [0.25, 0.3) is 0 Å². The Bertz CT molecular complexity index is 971. The van der Waals surface area contributed by atoms with Crippen molar-refractivity contribution < 1.29 is 14.3 Å². The Morgan fingerprint density at radius 3 is 2.38 bits per heavy atom. The Morgan fingerprint density at radius 1 is 0.862 bits per heavy atom. The van der Waals surface area contributed by atoms with Gasteiger partial charge < -0.3 is 20.1 Å². The number of carbonyl (C=O) groups is 1. The average Bonchev–Trinajstić information content (AvgIpc) is 2.74. The number of carbonyl (C=O) groups excluding carboxylic acids is 1. The van der Waals surface area contributed by atoms with Gasteiger partial charge >= 0.3 is 0 Å². The molecule has 150 valence electrons. The monoisotopic (exact) mass is 390 g/mol. The van der Waals surface area contributed by atoms with E-state index in [1.54, 1.807) is 7.11 Å². The lowest BCUT2D eigenvalue weighted by Gasteiger charge is -2.13. The lowest BCUT2D eigenvalue weighted by Crippen LogP contribution is -2.20. The second kappa shape index (κ2) is 9.64. The van der Waals surface area contributed by atoms with Gasteiger partial charge in [-0.3, -0.25) is 4.79 Å². The van der Waals surface area contributed by atoms with Crippen LogP contribution in [0.1, 0.15) is 16.7 Å². The number of hydrogen-bond donors (Lipinski definition) is 2. The third kappa shape index (κ3) is 5.75. The van der Waals surface area contributed by atoms with Crippen molar-refractivity contribution in [3.63, 3.8) is 0 Å². The molecule has 0 heterocycles. The molecule has 2 N–H and O–H groups in total. The summed E-state index contributed by atoms with van der Waals surface area (Å²) in [5.41, 5.74) is 5.40. The van der Waals surface area contributed by atoms with Crippen molar-refractivity contribution in [2.45, 2.75) is 20.4 Å². The van der Waals surface area contributed by atoms with E-state index < -0.39 is 0 Å². The highest BCUT2D eigenvalue weighted by Gasteiger charge is 2.09. The summed E-state index contributed by atoms with van der Waals surface area (Å²) in [5.74, 6) is 0.904. The molecule has 0 aliphatic carbocycles. The first-order chi connectivity index (χ1) is 14.0. The number of hydrogen-bond acceptors (Lipinski definition) is 4. The minimum atomic E-state index is -0.223. The lowest BCUT2D eigenvalue weighted by molar-refractivity contribution is -0.118. The number of anilines is 2. The van der Waals surface area contributed by atoms with E-state index in [0.29, 0.717) is 18.0 Å². The highest BCUT2D eigenvalue weighted by molar-refractivity contribution is 5.91. The number of para-hydroxylation sites is 1. The molecule has 0 unspecified atom stereocenters. The van der Waals surface area contributed by atoms with E-state index in [1.807, 2.05) is 48.5 Å². The third-order valence-electron chi connectivity index (χ3n) is 4.65. The van der Waals surface area contributed by atoms with Gasteiger partial charge in [0.25, 0.3) is 5.91 Å². The number of benzene rings is 3. The second-order valence-corrected chi connectivity index (χ2v) is 6.84. The topological polar surface area (TPSA) is 59.6 Å². The van der Waals surface area contributed by atoms with Crippen LogP contribution in [0.5, 0.6) is 11.5 Å². The van der Waals surface area contributed by atoms with Crippen molar-refractivity contribution in [3.05, 3.63) is 83.4 Å². The molecule has 3 rings (SSSR count). The molecule has 0 atom stereocenters. The van der Waals surface area contributed by atoms with E-state index in [1.165, 1.54) is 11.1 Å². The first kappa shape index (κ1) is 20.3. The van der Waals surface area contributed by atoms with Gasteiger partial charge in [-0.25, -0.2) is 0 Å². The Balaban J connectivity index is 1.58. The number of methoxy groups -OCH3 is 1. The summed E-state index contributed by atoms with van der Waals surface area (Å²) in [7, 11) is 1.59. The van der Waals surface area contributed by atoms with Crippen LogP contribution in [-0.2, 0) is 11.3 Å². The van der Waals surface area contributed by atoms with E-state index in [4.69, 9.17) is 9.47 Å². The van der Waals surface area contributed by atoms with Gasteiger partial charge in [0.2, 0.25) is 0 Å². The van der Waals surface area contributed by atoms with Gasteiger partial charge in [0.1, 0.15) is 0 Å². The number of nitrogens with one attached hydrogen (secondary N) is 2. The fourth-order valence-corrected chi connectivity index (χ4v) is 2.86. The molecule has 0 bridgehead atoms. The van der Waals surface area contributed by atoms with Gasteiger partial charge in [-0.15, -0.1) is 0 Å². The normalized spacial score (nSPS) is 10.3. The standard InChI is InChI=1S/C24H26N2O3/c1-17-9-11-21(13-18(17)2)25-15-19-10-12-22(23(14-19)28-3)29-16-24(27)26-20-7-5-4-6-8-20/h4-14,25H,15-16H2,1-3H3,(H,26,27). The van der Waals surface area contributed by atoms with Crippen LogP contribution in [0, 0.1) is 13.8 Å². The van der Waals surface area contributed by atoms with Crippen molar-refractivity contribution in [2.24, 2.45) is 0 Å². The maximum atomic E-state index is 12.1. The summed E-state index contributed by atoms with van der Waals surface area (Å²) in [6.07, 6.45) is 0. The van der Waals surface area contributed by atoms with Gasteiger partial charge in [-0.1, -0.05) is 30.3 Å². The zero-order chi connectivity index (χ0) is 20.6. The molecule has 0 radical (unpaired) electrons. The van der Waals surface area contributed by atoms with Crippen LogP contribution < -0.4 is 20.1 Å². The molecule has 3 aromatic carbocycles. The van der Waals surface area contributed by atoms with Gasteiger partial charge in [-0.05, 0) is 66.9 Å². The minimum absolute atomic E-state index is 0.0918. The van der Waals surface area contributed by atoms with Crippen LogP contribution in [-0.4, -0.2) is 19.6 Å². The van der Waals surface area contributed by atoms with Crippen LogP contribution in [0.15, 0.2) is 66.7 Å². The molecule has 5 nitrogen and oxygen atoms in total. The first-order valence-corrected chi connectivity index (χ1v) is 9.51. The average molecular weight is 390 g/mol. The fraction of sp³-hybridized carbons (Fsp3) is 0.208. The van der Waals surface area contributed by atoms with Crippen LogP contribution in [0.3, 0.4) is 0 Å². The molecule has 0 aliphatic heterocycles. The van der Waals surface area contributed by atoms with E-state index in [9.17, 15) is 4.79 Å². The summed E-state index contributed by atoms with van der Waals surface area (Å²) < 4.78 is 11.1. The van der Waals surface area contributed by atoms with E-state index in [0.717, 1.165) is 16.9 Å². The molecule has 0 fully saturated rings. The Hall–Kier alpha value is -3.47. The summed E-state index contributed by atoms with van der Waals surface area (Å²) in [5, 5.41) is 6.21. The van der Waals surface area contributed by atoms with E-state index >= 15 is 0 Å². The maximum Gasteiger partial charge on any atom is 0.262 e. The SMILES string of the molecule is COc1cc(CNc2ccc(C)c(C)c2)ccc1OCC(=O)Nc1ccccc1. The Labute approximate surface area is 171 Å².